The highest BCUT2D eigenvalue weighted by Gasteiger charge is 2.28. The van der Waals surface area contributed by atoms with Crippen molar-refractivity contribution in [2.24, 2.45) is 0 Å². The second kappa shape index (κ2) is 36.5. The van der Waals surface area contributed by atoms with Crippen LogP contribution in [0.3, 0.4) is 0 Å². The molecule has 3 aliphatic rings. The standard InChI is InChI=1S/C39H59N4S2.C35H47N4S2/c1-7-42(8-2,9-3)32-22-30-40-34-24-18-20-26-36(34)44-38(40)28-16-14-13-15-17-29-39-41(35-25-19-21-27-37(35)45-39)31-23-33-43(10-4,11-5)12-6;1-5-36(6-2)26-18-28-38-30-20-14-16-22-32(30)40-34(38)24-12-10-9-11-13-25-35-39(29-19-27-37(7-3)8-4)31-21-15-17-23-33(31)41-35/h13-18,20,24-29H,7-12,19,21-23,30-33H2,1-6H3;9-17,20-25H,5-8,18-19,26-29H2,1-4H3/q+3;+1. The Hall–Kier alpha value is -5.02. The van der Waals surface area contributed by atoms with Crippen LogP contribution in [0.5, 0.6) is 0 Å². The Labute approximate surface area is 537 Å². The van der Waals surface area contributed by atoms with Crippen molar-refractivity contribution in [2.75, 3.05) is 115 Å². The highest BCUT2D eigenvalue weighted by atomic mass is 32.2. The first-order chi connectivity index (χ1) is 42.1. The number of nitrogens with zero attached hydrogens (tertiary/aromatic N) is 8. The quantitative estimate of drug-likeness (QED) is 0.0231. The summed E-state index contributed by atoms with van der Waals surface area (Å²) in [5.41, 5.74) is 4.03. The van der Waals surface area contributed by atoms with E-state index in [0.29, 0.717) is 0 Å². The van der Waals surface area contributed by atoms with Gasteiger partial charge in [-0.2, -0.15) is 9.13 Å². The third-order valence-electron chi connectivity index (χ3n) is 18.2. The van der Waals surface area contributed by atoms with Crippen LogP contribution in [-0.2, 0) is 13.1 Å². The van der Waals surface area contributed by atoms with E-state index in [0.717, 1.165) is 91.1 Å². The molecular formula is C74H106N8S4+4. The monoisotopic (exact) mass is 1230 g/mol. The third-order valence-corrected chi connectivity index (χ3v) is 22.7. The first kappa shape index (κ1) is 68.5. The van der Waals surface area contributed by atoms with Crippen molar-refractivity contribution < 1.29 is 18.1 Å². The molecule has 4 heterocycles. The Bertz CT molecular complexity index is 3230. The first-order valence-electron chi connectivity index (χ1n) is 33.0. The van der Waals surface area contributed by atoms with Crippen molar-refractivity contribution >= 4 is 92.1 Å². The van der Waals surface area contributed by atoms with Crippen LogP contribution in [0, 0.1) is 0 Å². The normalized spacial score (nSPS) is 15.6. The van der Waals surface area contributed by atoms with Crippen LogP contribution >= 0.6 is 46.2 Å². The van der Waals surface area contributed by atoms with Gasteiger partial charge in [0.15, 0.2) is 13.1 Å². The summed E-state index contributed by atoms with van der Waals surface area (Å²) in [6.07, 6.45) is 42.7. The lowest BCUT2D eigenvalue weighted by Gasteiger charge is -2.36. The largest absolute Gasteiger partial charge is 0.335 e. The lowest BCUT2D eigenvalue weighted by molar-refractivity contribution is -0.925. The lowest BCUT2D eigenvalue weighted by Crippen LogP contribution is -2.56. The second-order valence-electron chi connectivity index (χ2n) is 22.6. The smallest absolute Gasteiger partial charge is 0.262 e. The number of hydrogen-bond acceptors (Lipinski definition) is 8. The molecule has 0 bridgehead atoms. The van der Waals surface area contributed by atoms with E-state index in [4.69, 9.17) is 0 Å². The van der Waals surface area contributed by atoms with Crippen LogP contribution in [0.2, 0.25) is 0 Å². The summed E-state index contributed by atoms with van der Waals surface area (Å²) in [6, 6.07) is 26.4. The molecule has 0 saturated heterocycles. The molecule has 2 aromatic heterocycles. The van der Waals surface area contributed by atoms with Gasteiger partial charge in [-0.1, -0.05) is 177 Å². The van der Waals surface area contributed by atoms with Crippen molar-refractivity contribution in [1.29, 1.82) is 0 Å². The van der Waals surface area contributed by atoms with Crippen LogP contribution in [0.4, 0.5) is 11.4 Å². The molecule has 0 fully saturated rings. The van der Waals surface area contributed by atoms with Crippen molar-refractivity contribution in [3.63, 3.8) is 0 Å². The molecule has 0 N–H and O–H groups in total. The minimum atomic E-state index is 1.04. The SMILES string of the molecule is CCN(CC)CCCN1/C(=C/C=C/C=C/C=C/c2sc3ccccc3[n+]2CCCN(CC)CC)Sc2ccccc21.CC[N+](CC)(CC)CCCN1/C(=C/C=C/C=C/C=C/c2sc3c([n+]2CCC[N+](CC)(CC)CC)=CCCC=3)Sc2ccccc21. The highest BCUT2D eigenvalue weighted by molar-refractivity contribution is 8.04. The van der Waals surface area contributed by atoms with Crippen molar-refractivity contribution in [3.05, 3.63) is 176 Å². The number of quaternary nitrogens is 2. The van der Waals surface area contributed by atoms with Crippen molar-refractivity contribution in [3.8, 4) is 0 Å². The summed E-state index contributed by atoms with van der Waals surface area (Å²) >= 11 is 7.59. The number of fused-ring (bicyclic) bond motifs is 4. The predicted molar refractivity (Wildman–Crippen MR) is 382 cm³/mol. The number of benzene rings is 3. The van der Waals surface area contributed by atoms with E-state index in [9.17, 15) is 0 Å². The van der Waals surface area contributed by atoms with E-state index < -0.39 is 0 Å². The summed E-state index contributed by atoms with van der Waals surface area (Å²) in [7, 11) is 0. The van der Waals surface area contributed by atoms with E-state index in [1.807, 2.05) is 46.2 Å². The highest BCUT2D eigenvalue weighted by Crippen LogP contribution is 2.47. The Morgan fingerprint density at radius 2 is 0.919 bits per heavy atom. The van der Waals surface area contributed by atoms with Crippen molar-refractivity contribution in [2.45, 2.75) is 131 Å². The summed E-state index contributed by atoms with van der Waals surface area (Å²) in [5.74, 6) is 0. The minimum Gasteiger partial charge on any atom is -0.335 e. The van der Waals surface area contributed by atoms with E-state index in [1.165, 1.54) is 136 Å². The van der Waals surface area contributed by atoms with E-state index in [2.05, 4.69) is 268 Å². The maximum Gasteiger partial charge on any atom is 0.262 e. The summed E-state index contributed by atoms with van der Waals surface area (Å²) in [6.45, 7) is 43.9. The van der Waals surface area contributed by atoms with Gasteiger partial charge in [-0.25, -0.2) is 0 Å². The molecular weight excluding hydrogens is 1130 g/mol. The number of aryl methyl sites for hydroxylation is 1. The molecule has 2 aliphatic heterocycles. The Balaban J connectivity index is 0.000000247. The Kier molecular flexibility index (Phi) is 29.0. The number of aromatic nitrogens is 2. The van der Waals surface area contributed by atoms with Gasteiger partial charge in [0.05, 0.1) is 80.2 Å². The number of para-hydroxylation sites is 3. The molecule has 0 unspecified atom stereocenters. The van der Waals surface area contributed by atoms with Gasteiger partial charge < -0.3 is 28.6 Å². The van der Waals surface area contributed by atoms with Gasteiger partial charge in [-0.3, -0.25) is 0 Å². The fourth-order valence-corrected chi connectivity index (χ4v) is 16.7. The molecule has 0 saturated carbocycles. The molecule has 8 nitrogen and oxygen atoms in total. The van der Waals surface area contributed by atoms with Crippen LogP contribution in [-0.4, -0.2) is 123 Å². The number of rotatable bonds is 34. The average Bonchev–Trinajstić information content (AvgIpc) is 3.78. The van der Waals surface area contributed by atoms with Crippen LogP contribution in [0.1, 0.15) is 118 Å². The number of thiazole rings is 2. The minimum absolute atomic E-state index is 1.04. The van der Waals surface area contributed by atoms with Gasteiger partial charge in [0, 0.05) is 60.5 Å². The lowest BCUT2D eigenvalue weighted by atomic mass is 10.2. The second-order valence-corrected chi connectivity index (χ2v) is 26.8. The molecule has 0 atom stereocenters. The van der Waals surface area contributed by atoms with Gasteiger partial charge in [-0.05, 0) is 142 Å². The summed E-state index contributed by atoms with van der Waals surface area (Å²) in [5, 5.41) is 6.74. The van der Waals surface area contributed by atoms with E-state index in [-0.39, 0.29) is 0 Å². The van der Waals surface area contributed by atoms with Crippen molar-refractivity contribution in [1.82, 2.24) is 9.80 Å². The van der Waals surface area contributed by atoms with Gasteiger partial charge >= 0.3 is 0 Å². The molecule has 462 valence electrons. The fourth-order valence-electron chi connectivity index (χ4n) is 12.2. The van der Waals surface area contributed by atoms with Gasteiger partial charge in [-0.15, -0.1) is 0 Å². The Morgan fingerprint density at radius 1 is 0.465 bits per heavy atom. The molecule has 1 aliphatic carbocycles. The van der Waals surface area contributed by atoms with E-state index >= 15 is 0 Å². The van der Waals surface area contributed by atoms with Gasteiger partial charge in [0.25, 0.3) is 10.0 Å². The van der Waals surface area contributed by atoms with E-state index in [1.54, 1.807) is 0 Å². The molecule has 3 aromatic carbocycles. The molecule has 5 aromatic rings. The number of allylic oxidation sites excluding steroid dienone is 12. The van der Waals surface area contributed by atoms with Gasteiger partial charge in [0.2, 0.25) is 10.9 Å². The molecule has 0 radical (unpaired) electrons. The Morgan fingerprint density at radius 3 is 1.48 bits per heavy atom. The zero-order chi connectivity index (χ0) is 61.0. The zero-order valence-corrected chi connectivity index (χ0v) is 57.6. The maximum absolute atomic E-state index is 2.57. The third kappa shape index (κ3) is 19.0. The molecule has 86 heavy (non-hydrogen) atoms. The zero-order valence-electron chi connectivity index (χ0n) is 54.3. The average molecular weight is 1240 g/mol. The molecule has 12 heteroatoms. The summed E-state index contributed by atoms with van der Waals surface area (Å²) < 4.78 is 10.3. The summed E-state index contributed by atoms with van der Waals surface area (Å²) in [4.78, 5) is 12.7. The van der Waals surface area contributed by atoms with Crippen LogP contribution in [0.25, 0.3) is 34.5 Å². The number of anilines is 2. The molecule has 8 rings (SSSR count). The topological polar surface area (TPSA) is 20.7 Å². The van der Waals surface area contributed by atoms with Crippen LogP contribution in [0.15, 0.2) is 166 Å². The fraction of sp³-hybridized carbons (Fsp3) is 0.459. The number of thioether (sulfide) groups is 2. The maximum atomic E-state index is 2.57. The first-order valence-corrected chi connectivity index (χ1v) is 36.2. The molecule has 0 amide bonds. The number of hydrogen-bond donors (Lipinski definition) is 0. The van der Waals surface area contributed by atoms with Gasteiger partial charge in [0.1, 0.15) is 9.23 Å². The predicted octanol–water partition coefficient (Wildman–Crippen LogP) is 15.7. The van der Waals surface area contributed by atoms with Crippen LogP contribution < -0.4 is 28.8 Å². The molecule has 0 spiro atoms.